The number of nitro benzene ring substituents is 1. The molecule has 19 heavy (non-hydrogen) atoms. The van der Waals surface area contributed by atoms with Crippen molar-refractivity contribution in [2.75, 3.05) is 0 Å². The minimum absolute atomic E-state index is 0.0154. The van der Waals surface area contributed by atoms with Gasteiger partial charge < -0.3 is 10.5 Å². The zero-order chi connectivity index (χ0) is 14.6. The molecule has 104 valence electrons. The average molecular weight is 266 g/mol. The van der Waals surface area contributed by atoms with Gasteiger partial charge in [-0.05, 0) is 26.3 Å². The van der Waals surface area contributed by atoms with E-state index < -0.39 is 22.5 Å². The first kappa shape index (κ1) is 15.1. The Kier molecular flexibility index (Phi) is 4.61. The molecule has 2 N–H and O–H groups in total. The van der Waals surface area contributed by atoms with Gasteiger partial charge >= 0.3 is 5.97 Å². The Balaban J connectivity index is 2.73. The number of carbonyl (C=O) groups excluding carboxylic acids is 1. The van der Waals surface area contributed by atoms with E-state index in [1.165, 1.54) is 12.1 Å². The van der Waals surface area contributed by atoms with Crippen LogP contribution in [0.25, 0.3) is 0 Å². The summed E-state index contributed by atoms with van der Waals surface area (Å²) in [6, 6.07) is 5.33. The van der Waals surface area contributed by atoms with E-state index in [4.69, 9.17) is 10.5 Å². The fourth-order valence-corrected chi connectivity index (χ4v) is 1.55. The summed E-state index contributed by atoms with van der Waals surface area (Å²) >= 11 is 0. The molecule has 6 heteroatoms. The molecule has 0 aromatic heterocycles. The molecule has 0 saturated heterocycles. The molecule has 0 aliphatic heterocycles. The Hall–Kier alpha value is -1.95. The number of benzene rings is 1. The van der Waals surface area contributed by atoms with Crippen molar-refractivity contribution in [1.82, 2.24) is 0 Å². The lowest BCUT2D eigenvalue weighted by Crippen LogP contribution is -2.26. The van der Waals surface area contributed by atoms with Crippen LogP contribution in [0, 0.1) is 10.1 Å². The summed E-state index contributed by atoms with van der Waals surface area (Å²) in [6.45, 7) is 5.30. The van der Waals surface area contributed by atoms with Crippen LogP contribution in [0.4, 0.5) is 5.69 Å². The van der Waals surface area contributed by atoms with E-state index in [0.29, 0.717) is 5.56 Å². The lowest BCUT2D eigenvalue weighted by atomic mass is 10.0. The number of hydrogen-bond acceptors (Lipinski definition) is 5. The Morgan fingerprint density at radius 3 is 2.63 bits per heavy atom. The van der Waals surface area contributed by atoms with E-state index in [0.717, 1.165) is 0 Å². The number of nitrogens with zero attached hydrogens (tertiary/aromatic N) is 1. The SMILES string of the molecule is CC(C)(C)OC(=O)C[C@H](N)c1cccc([N+](=O)[O-])c1. The molecular formula is C13H18N2O4. The quantitative estimate of drug-likeness (QED) is 0.512. The standard InChI is InChI=1S/C13H18N2O4/c1-13(2,3)19-12(16)8-11(14)9-5-4-6-10(7-9)15(17)18/h4-7,11H,8,14H2,1-3H3/t11-/m0/s1. The van der Waals surface area contributed by atoms with Gasteiger partial charge in [0, 0.05) is 18.2 Å². The molecular weight excluding hydrogens is 248 g/mol. The van der Waals surface area contributed by atoms with Gasteiger partial charge in [0.05, 0.1) is 11.3 Å². The zero-order valence-electron chi connectivity index (χ0n) is 11.3. The minimum Gasteiger partial charge on any atom is -0.460 e. The van der Waals surface area contributed by atoms with Crippen LogP contribution < -0.4 is 5.73 Å². The molecule has 0 spiro atoms. The number of ether oxygens (including phenoxy) is 1. The van der Waals surface area contributed by atoms with Crippen LogP contribution in [0.15, 0.2) is 24.3 Å². The van der Waals surface area contributed by atoms with Gasteiger partial charge in [0.25, 0.3) is 5.69 Å². The fourth-order valence-electron chi connectivity index (χ4n) is 1.55. The third-order valence-corrected chi connectivity index (χ3v) is 2.32. The third-order valence-electron chi connectivity index (χ3n) is 2.32. The van der Waals surface area contributed by atoms with Gasteiger partial charge in [-0.3, -0.25) is 14.9 Å². The Morgan fingerprint density at radius 2 is 2.11 bits per heavy atom. The normalized spacial score (nSPS) is 12.8. The van der Waals surface area contributed by atoms with Crippen molar-refractivity contribution in [3.63, 3.8) is 0 Å². The summed E-state index contributed by atoms with van der Waals surface area (Å²) in [6.07, 6.45) is -0.0154. The number of nitro groups is 1. The van der Waals surface area contributed by atoms with Crippen LogP contribution in [0.2, 0.25) is 0 Å². The van der Waals surface area contributed by atoms with Gasteiger partial charge in [0.2, 0.25) is 0 Å². The maximum Gasteiger partial charge on any atom is 0.308 e. The summed E-state index contributed by atoms with van der Waals surface area (Å²) in [5.74, 6) is -0.425. The van der Waals surface area contributed by atoms with Crippen molar-refractivity contribution >= 4 is 11.7 Å². The maximum atomic E-state index is 11.6. The molecule has 6 nitrogen and oxygen atoms in total. The highest BCUT2D eigenvalue weighted by atomic mass is 16.6. The summed E-state index contributed by atoms with van der Waals surface area (Å²) in [7, 11) is 0. The molecule has 0 heterocycles. The molecule has 0 bridgehead atoms. The molecule has 1 atom stereocenters. The van der Waals surface area contributed by atoms with Crippen molar-refractivity contribution in [2.24, 2.45) is 5.73 Å². The number of non-ortho nitro benzene ring substituents is 1. The van der Waals surface area contributed by atoms with Crippen molar-refractivity contribution in [3.8, 4) is 0 Å². The monoisotopic (exact) mass is 266 g/mol. The van der Waals surface area contributed by atoms with E-state index in [1.54, 1.807) is 32.9 Å². The first-order valence-corrected chi connectivity index (χ1v) is 5.91. The molecule has 0 saturated carbocycles. The molecule has 0 unspecified atom stereocenters. The van der Waals surface area contributed by atoms with E-state index in [2.05, 4.69) is 0 Å². The predicted molar refractivity (Wildman–Crippen MR) is 70.5 cm³/mol. The third kappa shape index (κ3) is 5.05. The highest BCUT2D eigenvalue weighted by Crippen LogP contribution is 2.21. The fraction of sp³-hybridized carbons (Fsp3) is 0.462. The molecule has 1 rings (SSSR count). The van der Waals surface area contributed by atoms with Crippen molar-refractivity contribution < 1.29 is 14.5 Å². The maximum absolute atomic E-state index is 11.6. The topological polar surface area (TPSA) is 95.5 Å². The predicted octanol–water partition coefficient (Wildman–Crippen LogP) is 2.33. The molecule has 0 aliphatic rings. The van der Waals surface area contributed by atoms with Gasteiger partial charge in [-0.1, -0.05) is 12.1 Å². The number of carbonyl (C=O) groups is 1. The molecule has 0 amide bonds. The number of nitrogens with two attached hydrogens (primary N) is 1. The molecule has 0 aliphatic carbocycles. The molecule has 1 aromatic carbocycles. The van der Waals surface area contributed by atoms with Crippen molar-refractivity contribution in [1.29, 1.82) is 0 Å². The van der Waals surface area contributed by atoms with Gasteiger partial charge in [-0.15, -0.1) is 0 Å². The van der Waals surface area contributed by atoms with Crippen LogP contribution in [0.3, 0.4) is 0 Å². The second-order valence-corrected chi connectivity index (χ2v) is 5.25. The van der Waals surface area contributed by atoms with E-state index in [1.807, 2.05) is 0 Å². The largest absolute Gasteiger partial charge is 0.460 e. The Morgan fingerprint density at radius 1 is 1.47 bits per heavy atom. The van der Waals surface area contributed by atoms with Gasteiger partial charge in [0.1, 0.15) is 5.60 Å². The number of rotatable bonds is 4. The van der Waals surface area contributed by atoms with Crippen LogP contribution in [0.5, 0.6) is 0 Å². The van der Waals surface area contributed by atoms with Gasteiger partial charge in [0.15, 0.2) is 0 Å². The zero-order valence-corrected chi connectivity index (χ0v) is 11.3. The number of hydrogen-bond donors (Lipinski definition) is 1. The highest BCUT2D eigenvalue weighted by Gasteiger charge is 2.20. The van der Waals surface area contributed by atoms with Gasteiger partial charge in [-0.2, -0.15) is 0 Å². The van der Waals surface area contributed by atoms with Crippen LogP contribution in [-0.4, -0.2) is 16.5 Å². The average Bonchev–Trinajstić information content (AvgIpc) is 2.26. The smallest absolute Gasteiger partial charge is 0.308 e. The highest BCUT2D eigenvalue weighted by molar-refractivity contribution is 5.71. The van der Waals surface area contributed by atoms with Crippen LogP contribution in [-0.2, 0) is 9.53 Å². The summed E-state index contributed by atoms with van der Waals surface area (Å²) in [5, 5.41) is 10.7. The van der Waals surface area contributed by atoms with Gasteiger partial charge in [-0.25, -0.2) is 0 Å². The lowest BCUT2D eigenvalue weighted by molar-refractivity contribution is -0.384. The second-order valence-electron chi connectivity index (χ2n) is 5.25. The first-order chi connectivity index (χ1) is 8.69. The van der Waals surface area contributed by atoms with Crippen molar-refractivity contribution in [3.05, 3.63) is 39.9 Å². The molecule has 0 fully saturated rings. The molecule has 1 aromatic rings. The summed E-state index contributed by atoms with van der Waals surface area (Å²) in [5.41, 5.74) is 5.79. The van der Waals surface area contributed by atoms with E-state index in [-0.39, 0.29) is 12.1 Å². The van der Waals surface area contributed by atoms with E-state index in [9.17, 15) is 14.9 Å². The number of esters is 1. The van der Waals surface area contributed by atoms with Crippen LogP contribution in [0.1, 0.15) is 38.8 Å². The Labute approximate surface area is 111 Å². The van der Waals surface area contributed by atoms with E-state index >= 15 is 0 Å². The van der Waals surface area contributed by atoms with Crippen molar-refractivity contribution in [2.45, 2.75) is 38.8 Å². The summed E-state index contributed by atoms with van der Waals surface area (Å²) in [4.78, 5) is 21.8. The molecule has 0 radical (unpaired) electrons. The second kappa shape index (κ2) is 5.79. The van der Waals surface area contributed by atoms with Crippen LogP contribution >= 0.6 is 0 Å². The Bertz CT molecular complexity index is 480. The summed E-state index contributed by atoms with van der Waals surface area (Å²) < 4.78 is 5.15. The minimum atomic E-state index is -0.616. The lowest BCUT2D eigenvalue weighted by Gasteiger charge is -2.21. The first-order valence-electron chi connectivity index (χ1n) is 5.91.